The summed E-state index contributed by atoms with van der Waals surface area (Å²) < 4.78 is 14.1. The van der Waals surface area contributed by atoms with Gasteiger partial charge in [-0.1, -0.05) is 29.8 Å². The van der Waals surface area contributed by atoms with E-state index in [1.165, 1.54) is 0 Å². The number of ketones is 1. The predicted octanol–water partition coefficient (Wildman–Crippen LogP) is 4.29. The van der Waals surface area contributed by atoms with Crippen LogP contribution in [0.5, 0.6) is 0 Å². The third-order valence-corrected chi connectivity index (χ3v) is 3.34. The monoisotopic (exact) mass is 256 g/mol. The van der Waals surface area contributed by atoms with Crippen molar-refractivity contribution in [1.82, 2.24) is 0 Å². The molecular weight excluding hydrogens is 239 g/mol. The molecule has 0 atom stereocenters. The Morgan fingerprint density at radius 2 is 1.53 bits per heavy atom. The highest BCUT2D eigenvalue weighted by Crippen LogP contribution is 2.22. The number of carbonyl (C=O) groups excluding carboxylic acids is 1. The highest BCUT2D eigenvalue weighted by Gasteiger charge is 2.19. The highest BCUT2D eigenvalue weighted by atomic mass is 19.1. The number of hydrogen-bond donors (Lipinski definition) is 0. The number of carbonyl (C=O) groups is 1. The summed E-state index contributed by atoms with van der Waals surface area (Å²) in [6.07, 6.45) is 0. The minimum absolute atomic E-state index is 0.148. The van der Waals surface area contributed by atoms with Crippen LogP contribution in [0.4, 0.5) is 4.39 Å². The van der Waals surface area contributed by atoms with E-state index in [2.05, 4.69) is 0 Å². The van der Waals surface area contributed by atoms with Gasteiger partial charge in [-0.2, -0.15) is 0 Å². The van der Waals surface area contributed by atoms with Crippen LogP contribution in [-0.2, 0) is 0 Å². The lowest BCUT2D eigenvalue weighted by atomic mass is 9.92. The molecule has 0 unspecified atom stereocenters. The zero-order valence-corrected chi connectivity index (χ0v) is 11.7. The minimum Gasteiger partial charge on any atom is -0.288 e. The maximum atomic E-state index is 14.1. The summed E-state index contributed by atoms with van der Waals surface area (Å²) in [5.74, 6) is -0.664. The maximum Gasteiger partial charge on any atom is 0.196 e. The van der Waals surface area contributed by atoms with Gasteiger partial charge in [0.05, 0.1) is 5.56 Å². The SMILES string of the molecule is Cc1cc(C)c(C(=O)c2cccc(C)c2F)c(C)c1. The summed E-state index contributed by atoms with van der Waals surface area (Å²) in [4.78, 5) is 12.5. The zero-order chi connectivity index (χ0) is 14.2. The van der Waals surface area contributed by atoms with Crippen LogP contribution in [0, 0.1) is 33.5 Å². The minimum atomic E-state index is -0.424. The molecule has 0 aliphatic heterocycles. The third kappa shape index (κ3) is 2.43. The maximum absolute atomic E-state index is 14.1. The Morgan fingerprint density at radius 1 is 0.947 bits per heavy atom. The first kappa shape index (κ1) is 13.5. The number of rotatable bonds is 2. The predicted molar refractivity (Wildman–Crippen MR) is 75.2 cm³/mol. The molecule has 98 valence electrons. The van der Waals surface area contributed by atoms with E-state index in [1.807, 2.05) is 32.9 Å². The van der Waals surface area contributed by atoms with Crippen molar-refractivity contribution >= 4 is 5.78 Å². The van der Waals surface area contributed by atoms with Gasteiger partial charge < -0.3 is 0 Å². The van der Waals surface area contributed by atoms with E-state index in [4.69, 9.17) is 0 Å². The molecule has 1 nitrogen and oxygen atoms in total. The number of halogens is 1. The van der Waals surface area contributed by atoms with Crippen LogP contribution in [0.15, 0.2) is 30.3 Å². The molecule has 0 bridgehead atoms. The number of hydrogen-bond acceptors (Lipinski definition) is 1. The molecule has 19 heavy (non-hydrogen) atoms. The molecule has 0 N–H and O–H groups in total. The van der Waals surface area contributed by atoms with Crippen molar-refractivity contribution in [2.75, 3.05) is 0 Å². The Hall–Kier alpha value is -1.96. The van der Waals surface area contributed by atoms with Crippen LogP contribution in [0.2, 0.25) is 0 Å². The van der Waals surface area contributed by atoms with E-state index in [1.54, 1.807) is 25.1 Å². The van der Waals surface area contributed by atoms with Crippen molar-refractivity contribution in [2.24, 2.45) is 0 Å². The van der Waals surface area contributed by atoms with Gasteiger partial charge in [-0.05, 0) is 50.5 Å². The van der Waals surface area contributed by atoms with Crippen LogP contribution in [-0.4, -0.2) is 5.78 Å². The topological polar surface area (TPSA) is 17.1 Å². The van der Waals surface area contributed by atoms with Gasteiger partial charge in [-0.3, -0.25) is 4.79 Å². The van der Waals surface area contributed by atoms with Crippen molar-refractivity contribution in [3.05, 3.63) is 69.5 Å². The van der Waals surface area contributed by atoms with Gasteiger partial charge in [-0.25, -0.2) is 4.39 Å². The lowest BCUT2D eigenvalue weighted by Gasteiger charge is -2.11. The highest BCUT2D eigenvalue weighted by molar-refractivity contribution is 6.11. The normalized spacial score (nSPS) is 10.6. The Bertz CT molecular complexity index is 633. The van der Waals surface area contributed by atoms with Crippen LogP contribution in [0.3, 0.4) is 0 Å². The summed E-state index contributed by atoms with van der Waals surface area (Å²) in [6.45, 7) is 7.43. The molecule has 2 aromatic rings. The fourth-order valence-corrected chi connectivity index (χ4v) is 2.50. The first-order valence-corrected chi connectivity index (χ1v) is 6.29. The van der Waals surface area contributed by atoms with Gasteiger partial charge in [0.15, 0.2) is 5.78 Å². The van der Waals surface area contributed by atoms with Crippen LogP contribution in [0.1, 0.15) is 38.2 Å². The molecule has 0 saturated carbocycles. The summed E-state index contributed by atoms with van der Waals surface area (Å²) >= 11 is 0. The van der Waals surface area contributed by atoms with E-state index in [0.29, 0.717) is 11.1 Å². The smallest absolute Gasteiger partial charge is 0.196 e. The van der Waals surface area contributed by atoms with Gasteiger partial charge in [0.25, 0.3) is 0 Å². The molecule has 0 fully saturated rings. The Morgan fingerprint density at radius 3 is 2.11 bits per heavy atom. The molecule has 0 aromatic heterocycles. The van der Waals surface area contributed by atoms with Crippen LogP contribution in [0.25, 0.3) is 0 Å². The Labute approximate surface area is 113 Å². The molecular formula is C17H17FO. The second-order valence-corrected chi connectivity index (χ2v) is 5.04. The Kier molecular flexibility index (Phi) is 3.52. The van der Waals surface area contributed by atoms with E-state index in [-0.39, 0.29) is 11.3 Å². The Balaban J connectivity index is 2.60. The van der Waals surface area contributed by atoms with Crippen LogP contribution < -0.4 is 0 Å². The van der Waals surface area contributed by atoms with Gasteiger partial charge in [0.2, 0.25) is 0 Å². The molecule has 0 spiro atoms. The van der Waals surface area contributed by atoms with E-state index >= 15 is 0 Å². The lowest BCUT2D eigenvalue weighted by molar-refractivity contribution is 0.103. The largest absolute Gasteiger partial charge is 0.288 e. The van der Waals surface area contributed by atoms with Crippen molar-refractivity contribution < 1.29 is 9.18 Å². The van der Waals surface area contributed by atoms with Crippen molar-refractivity contribution in [3.63, 3.8) is 0 Å². The van der Waals surface area contributed by atoms with Crippen LogP contribution >= 0.6 is 0 Å². The first-order valence-electron chi connectivity index (χ1n) is 6.29. The molecule has 0 amide bonds. The first-order chi connectivity index (χ1) is 8.91. The summed E-state index contributed by atoms with van der Waals surface area (Å²) in [7, 11) is 0. The fourth-order valence-electron chi connectivity index (χ4n) is 2.50. The average Bonchev–Trinajstić information content (AvgIpc) is 2.31. The summed E-state index contributed by atoms with van der Waals surface area (Å²) in [5, 5.41) is 0. The second kappa shape index (κ2) is 4.96. The molecule has 2 rings (SSSR count). The van der Waals surface area contributed by atoms with Gasteiger partial charge >= 0.3 is 0 Å². The van der Waals surface area contributed by atoms with Crippen molar-refractivity contribution in [1.29, 1.82) is 0 Å². The number of benzene rings is 2. The van der Waals surface area contributed by atoms with Gasteiger partial charge in [0.1, 0.15) is 5.82 Å². The molecule has 0 aliphatic carbocycles. The number of aryl methyl sites for hydroxylation is 4. The third-order valence-electron chi connectivity index (χ3n) is 3.34. The molecule has 0 heterocycles. The molecule has 2 aromatic carbocycles. The lowest BCUT2D eigenvalue weighted by Crippen LogP contribution is -2.09. The van der Waals surface area contributed by atoms with E-state index < -0.39 is 5.82 Å². The molecule has 2 heteroatoms. The van der Waals surface area contributed by atoms with Gasteiger partial charge in [0, 0.05) is 5.56 Å². The molecule has 0 aliphatic rings. The average molecular weight is 256 g/mol. The molecule has 0 radical (unpaired) electrons. The quantitative estimate of drug-likeness (QED) is 0.732. The van der Waals surface area contributed by atoms with E-state index in [9.17, 15) is 9.18 Å². The van der Waals surface area contributed by atoms with E-state index in [0.717, 1.165) is 16.7 Å². The standard InChI is InChI=1S/C17H17FO/c1-10-8-12(3)15(13(4)9-10)17(19)14-7-5-6-11(2)16(14)18/h5-9H,1-4H3. The van der Waals surface area contributed by atoms with Crippen molar-refractivity contribution in [2.45, 2.75) is 27.7 Å². The fraction of sp³-hybridized carbons (Fsp3) is 0.235. The molecule has 0 saturated heterocycles. The van der Waals surface area contributed by atoms with Crippen molar-refractivity contribution in [3.8, 4) is 0 Å². The second-order valence-electron chi connectivity index (χ2n) is 5.04. The zero-order valence-electron chi connectivity index (χ0n) is 11.7. The summed E-state index contributed by atoms with van der Waals surface area (Å²) in [6, 6.07) is 8.83. The summed E-state index contributed by atoms with van der Waals surface area (Å²) in [5.41, 5.74) is 4.14. The van der Waals surface area contributed by atoms with Gasteiger partial charge in [-0.15, -0.1) is 0 Å².